The molecule has 1 aliphatic heterocycles. The van der Waals surface area contributed by atoms with E-state index >= 15 is 0 Å². The molecule has 1 rings (SSSR count). The van der Waals surface area contributed by atoms with Gasteiger partial charge in [-0.1, -0.05) is 0 Å². The van der Waals surface area contributed by atoms with Crippen LogP contribution in [0.3, 0.4) is 0 Å². The second-order valence-corrected chi connectivity index (χ2v) is 5.10. The molecule has 0 aromatic heterocycles. The highest BCUT2D eigenvalue weighted by atomic mass is 16.4. The lowest BCUT2D eigenvalue weighted by Crippen LogP contribution is -2.51. The zero-order valence-electron chi connectivity index (χ0n) is 11.5. The maximum absolute atomic E-state index is 12.1. The molecule has 0 aromatic carbocycles. The third-order valence-electron chi connectivity index (χ3n) is 3.23. The van der Waals surface area contributed by atoms with Gasteiger partial charge in [0.15, 0.2) is 0 Å². The monoisotopic (exact) mass is 273 g/mol. The maximum atomic E-state index is 12.1. The molecule has 0 aliphatic carbocycles. The average molecular weight is 273 g/mol. The highest BCUT2D eigenvalue weighted by Crippen LogP contribution is 2.17. The highest BCUT2D eigenvalue weighted by Gasteiger charge is 2.31. The number of carboxylic acid groups (broad SMARTS) is 1. The summed E-state index contributed by atoms with van der Waals surface area (Å²) in [6.07, 6.45) is 1.89. The number of nitrogens with one attached hydrogen (secondary N) is 1. The predicted octanol–water partition coefficient (Wildman–Crippen LogP) is -0.442. The van der Waals surface area contributed by atoms with Crippen LogP contribution in [-0.4, -0.2) is 77.9 Å². The van der Waals surface area contributed by atoms with Crippen molar-refractivity contribution < 1.29 is 19.8 Å². The Morgan fingerprint density at radius 2 is 2.16 bits per heavy atom. The molecule has 0 spiro atoms. The molecular formula is C12H23N3O4. The molecule has 2 unspecified atom stereocenters. The Morgan fingerprint density at radius 3 is 2.68 bits per heavy atom. The lowest BCUT2D eigenvalue weighted by Gasteiger charge is -2.28. The van der Waals surface area contributed by atoms with Gasteiger partial charge in [-0.3, -0.25) is 0 Å². The Kier molecular flexibility index (Phi) is 6.04. The van der Waals surface area contributed by atoms with Crippen molar-refractivity contribution in [3.05, 3.63) is 0 Å². The van der Waals surface area contributed by atoms with E-state index in [9.17, 15) is 9.59 Å². The number of hydrogen-bond donors (Lipinski definition) is 3. The number of carbonyl (C=O) groups is 2. The second kappa shape index (κ2) is 7.30. The van der Waals surface area contributed by atoms with E-state index in [0.717, 1.165) is 19.4 Å². The minimum absolute atomic E-state index is 0.0211. The number of hydrogen-bond acceptors (Lipinski definition) is 4. The van der Waals surface area contributed by atoms with E-state index in [-0.39, 0.29) is 25.1 Å². The predicted molar refractivity (Wildman–Crippen MR) is 69.9 cm³/mol. The number of aliphatic hydroxyl groups is 1. The van der Waals surface area contributed by atoms with Gasteiger partial charge >= 0.3 is 12.0 Å². The lowest BCUT2D eigenvalue weighted by atomic mass is 10.2. The average Bonchev–Trinajstić information content (AvgIpc) is 2.75. The number of urea groups is 1. The number of likely N-dealkylation sites (N-methyl/N-ethyl adjacent to an activating group) is 1. The second-order valence-electron chi connectivity index (χ2n) is 5.10. The summed E-state index contributed by atoms with van der Waals surface area (Å²) in [5.41, 5.74) is 0. The van der Waals surface area contributed by atoms with Crippen LogP contribution in [0.4, 0.5) is 4.79 Å². The van der Waals surface area contributed by atoms with Crippen molar-refractivity contribution in [1.82, 2.24) is 15.1 Å². The van der Waals surface area contributed by atoms with Gasteiger partial charge < -0.3 is 25.3 Å². The summed E-state index contributed by atoms with van der Waals surface area (Å²) in [6.45, 7) is 1.15. The van der Waals surface area contributed by atoms with Crippen LogP contribution >= 0.6 is 0 Å². The summed E-state index contributed by atoms with van der Waals surface area (Å²) in [5, 5.41) is 20.2. The number of likely N-dealkylation sites (tertiary alicyclic amines) is 1. The molecule has 19 heavy (non-hydrogen) atoms. The lowest BCUT2D eigenvalue weighted by molar-refractivity contribution is -0.139. The maximum Gasteiger partial charge on any atom is 0.326 e. The first-order chi connectivity index (χ1) is 8.95. The van der Waals surface area contributed by atoms with Gasteiger partial charge in [-0.2, -0.15) is 0 Å². The minimum atomic E-state index is -1.12. The van der Waals surface area contributed by atoms with Crippen molar-refractivity contribution in [3.63, 3.8) is 0 Å². The standard InChI is InChI=1S/C12H23N3O4/c1-14(2)8-9-4-3-6-15(9)12(19)13-10(5-7-16)11(17)18/h9-10,16H,3-8H2,1-2H3,(H,13,19)(H,17,18). The molecule has 0 bridgehead atoms. The number of rotatable bonds is 6. The summed E-state index contributed by atoms with van der Waals surface area (Å²) >= 11 is 0. The van der Waals surface area contributed by atoms with Crippen molar-refractivity contribution in [2.24, 2.45) is 0 Å². The van der Waals surface area contributed by atoms with Gasteiger partial charge in [0.25, 0.3) is 0 Å². The van der Waals surface area contributed by atoms with Crippen LogP contribution in [-0.2, 0) is 4.79 Å². The Morgan fingerprint density at radius 1 is 1.47 bits per heavy atom. The molecule has 7 nitrogen and oxygen atoms in total. The summed E-state index contributed by atoms with van der Waals surface area (Å²) in [5.74, 6) is -1.12. The first kappa shape index (κ1) is 15.7. The molecule has 1 heterocycles. The smallest absolute Gasteiger partial charge is 0.326 e. The van der Waals surface area contributed by atoms with E-state index < -0.39 is 12.0 Å². The largest absolute Gasteiger partial charge is 0.480 e. The van der Waals surface area contributed by atoms with E-state index in [0.29, 0.717) is 6.54 Å². The molecule has 1 fully saturated rings. The van der Waals surface area contributed by atoms with Gasteiger partial charge in [0.1, 0.15) is 6.04 Å². The zero-order valence-corrected chi connectivity index (χ0v) is 11.5. The van der Waals surface area contributed by atoms with E-state index in [2.05, 4.69) is 5.32 Å². The van der Waals surface area contributed by atoms with E-state index in [1.54, 1.807) is 4.90 Å². The van der Waals surface area contributed by atoms with Crippen LogP contribution in [0.5, 0.6) is 0 Å². The van der Waals surface area contributed by atoms with Gasteiger partial charge in [0, 0.05) is 32.2 Å². The fourth-order valence-corrected chi connectivity index (χ4v) is 2.33. The molecule has 2 amide bonds. The number of aliphatic carboxylic acids is 1. The van der Waals surface area contributed by atoms with E-state index in [4.69, 9.17) is 10.2 Å². The van der Waals surface area contributed by atoms with Crippen molar-refractivity contribution in [1.29, 1.82) is 0 Å². The molecule has 7 heteroatoms. The first-order valence-corrected chi connectivity index (χ1v) is 6.51. The molecule has 1 aliphatic rings. The SMILES string of the molecule is CN(C)CC1CCCN1C(=O)NC(CCO)C(=O)O. The van der Waals surface area contributed by atoms with Crippen molar-refractivity contribution in [2.45, 2.75) is 31.3 Å². The summed E-state index contributed by atoms with van der Waals surface area (Å²) in [6, 6.07) is -1.26. The number of nitrogens with zero attached hydrogens (tertiary/aromatic N) is 2. The Balaban J connectivity index is 2.57. The van der Waals surface area contributed by atoms with Crippen molar-refractivity contribution in [3.8, 4) is 0 Å². The van der Waals surface area contributed by atoms with Crippen LogP contribution in [0.1, 0.15) is 19.3 Å². The molecule has 0 radical (unpaired) electrons. The normalized spacial score (nSPS) is 20.6. The first-order valence-electron chi connectivity index (χ1n) is 6.51. The molecule has 1 saturated heterocycles. The Labute approximate surface area is 113 Å². The van der Waals surface area contributed by atoms with Gasteiger partial charge in [-0.15, -0.1) is 0 Å². The molecule has 110 valence electrons. The number of amides is 2. The third kappa shape index (κ3) is 4.68. The van der Waals surface area contributed by atoms with Gasteiger partial charge in [-0.25, -0.2) is 9.59 Å². The molecule has 0 aromatic rings. The molecule has 2 atom stereocenters. The van der Waals surface area contributed by atoms with Crippen LogP contribution in [0.25, 0.3) is 0 Å². The summed E-state index contributed by atoms with van der Waals surface area (Å²) < 4.78 is 0. The Bertz CT molecular complexity index is 322. The summed E-state index contributed by atoms with van der Waals surface area (Å²) in [4.78, 5) is 26.7. The summed E-state index contributed by atoms with van der Waals surface area (Å²) in [7, 11) is 3.89. The zero-order chi connectivity index (χ0) is 14.4. The van der Waals surface area contributed by atoms with Gasteiger partial charge in [0.2, 0.25) is 0 Å². The van der Waals surface area contributed by atoms with Crippen molar-refractivity contribution in [2.75, 3.05) is 33.8 Å². The third-order valence-corrected chi connectivity index (χ3v) is 3.23. The van der Waals surface area contributed by atoms with Crippen LogP contribution in [0.15, 0.2) is 0 Å². The minimum Gasteiger partial charge on any atom is -0.480 e. The van der Waals surface area contributed by atoms with Crippen LogP contribution in [0.2, 0.25) is 0 Å². The molecule has 3 N–H and O–H groups in total. The van der Waals surface area contributed by atoms with Crippen molar-refractivity contribution >= 4 is 12.0 Å². The van der Waals surface area contributed by atoms with Crippen LogP contribution in [0, 0.1) is 0 Å². The quantitative estimate of drug-likeness (QED) is 0.610. The number of carbonyl (C=O) groups excluding carboxylic acids is 1. The van der Waals surface area contributed by atoms with Gasteiger partial charge in [0.05, 0.1) is 0 Å². The fourth-order valence-electron chi connectivity index (χ4n) is 2.33. The van der Waals surface area contributed by atoms with E-state index in [1.807, 2.05) is 19.0 Å². The number of carboxylic acids is 1. The topological polar surface area (TPSA) is 93.1 Å². The van der Waals surface area contributed by atoms with Gasteiger partial charge in [-0.05, 0) is 26.9 Å². The van der Waals surface area contributed by atoms with Crippen LogP contribution < -0.4 is 5.32 Å². The fraction of sp³-hybridized carbons (Fsp3) is 0.833. The molecule has 0 saturated carbocycles. The molecular weight excluding hydrogens is 250 g/mol. The Hall–Kier alpha value is -1.34. The van der Waals surface area contributed by atoms with E-state index in [1.165, 1.54) is 0 Å². The number of aliphatic hydroxyl groups excluding tert-OH is 1. The highest BCUT2D eigenvalue weighted by molar-refractivity contribution is 5.82.